The van der Waals surface area contributed by atoms with E-state index >= 15 is 0 Å². The number of ether oxygens (including phenoxy) is 1. The van der Waals surface area contributed by atoms with Crippen LogP contribution in [-0.4, -0.2) is 18.2 Å². The Morgan fingerprint density at radius 2 is 1.81 bits per heavy atom. The van der Waals surface area contributed by atoms with E-state index in [1.165, 1.54) is 19.2 Å². The number of hydrogen-bond acceptors (Lipinski definition) is 3. The van der Waals surface area contributed by atoms with Crippen molar-refractivity contribution in [3.8, 4) is 0 Å². The van der Waals surface area contributed by atoms with Crippen LogP contribution in [0.25, 0.3) is 0 Å². The van der Waals surface area contributed by atoms with Crippen LogP contribution >= 0.6 is 12.2 Å². The molecule has 0 fully saturated rings. The van der Waals surface area contributed by atoms with Crippen molar-refractivity contribution in [2.45, 2.75) is 26.8 Å². The Morgan fingerprint density at radius 3 is 2.44 bits per heavy atom. The molecule has 2 aromatic carbocycles. The molecule has 0 saturated carbocycles. The summed E-state index contributed by atoms with van der Waals surface area (Å²) in [4.78, 5) is 14.5. The molecule has 0 saturated heterocycles. The van der Waals surface area contributed by atoms with Crippen LogP contribution in [0, 0.1) is 19.7 Å². The summed E-state index contributed by atoms with van der Waals surface area (Å²) in [6, 6.07) is 11.6. The molecule has 1 atom stereocenters. The number of nitrogens with zero attached hydrogens (tertiary/aromatic N) is 1. The second kappa shape index (κ2) is 7.48. The first-order valence-electron chi connectivity index (χ1n) is 8.56. The molecular weight excluding hydrogens is 363 g/mol. The lowest BCUT2D eigenvalue weighted by Gasteiger charge is -2.38. The van der Waals surface area contributed by atoms with Gasteiger partial charge < -0.3 is 10.1 Å². The Morgan fingerprint density at radius 1 is 1.15 bits per heavy atom. The van der Waals surface area contributed by atoms with Crippen molar-refractivity contribution in [3.63, 3.8) is 0 Å². The molecule has 1 heterocycles. The van der Waals surface area contributed by atoms with E-state index in [2.05, 4.69) is 5.32 Å². The van der Waals surface area contributed by atoms with Gasteiger partial charge in [0.25, 0.3) is 0 Å². The van der Waals surface area contributed by atoms with Crippen LogP contribution in [0.2, 0.25) is 0 Å². The zero-order valence-electron chi connectivity index (χ0n) is 15.7. The average molecular weight is 384 g/mol. The van der Waals surface area contributed by atoms with E-state index in [-0.39, 0.29) is 5.82 Å². The summed E-state index contributed by atoms with van der Waals surface area (Å²) >= 11 is 5.62. The van der Waals surface area contributed by atoms with Gasteiger partial charge in [-0.05, 0) is 67.9 Å². The van der Waals surface area contributed by atoms with Crippen molar-refractivity contribution < 1.29 is 13.9 Å². The number of rotatable bonds is 3. The van der Waals surface area contributed by atoms with Gasteiger partial charge in [0, 0.05) is 5.70 Å². The highest BCUT2D eigenvalue weighted by Crippen LogP contribution is 2.35. The highest BCUT2D eigenvalue weighted by molar-refractivity contribution is 7.80. The van der Waals surface area contributed by atoms with E-state index in [1.807, 2.05) is 43.9 Å². The number of allylic oxidation sites excluding steroid dienone is 1. The van der Waals surface area contributed by atoms with Crippen LogP contribution in [0.3, 0.4) is 0 Å². The molecule has 1 aliphatic heterocycles. The first kappa shape index (κ1) is 19.0. The van der Waals surface area contributed by atoms with Gasteiger partial charge in [-0.15, -0.1) is 0 Å². The van der Waals surface area contributed by atoms with Crippen molar-refractivity contribution in [3.05, 3.63) is 76.2 Å². The third-order valence-corrected chi connectivity index (χ3v) is 5.00. The summed E-state index contributed by atoms with van der Waals surface area (Å²) in [6.07, 6.45) is 0. The zero-order valence-corrected chi connectivity index (χ0v) is 16.5. The standard InChI is InChI=1S/C21H21FN2O2S/c1-12-5-6-13(2)17(11-12)24-14(3)18(20(25)26-4)19(23-21(24)27)15-7-9-16(22)10-8-15/h5-11,19H,1-4H3,(H,23,27). The number of hydrogen-bond donors (Lipinski definition) is 1. The quantitative estimate of drug-likeness (QED) is 0.630. The fourth-order valence-corrected chi connectivity index (χ4v) is 3.63. The zero-order chi connectivity index (χ0) is 19.7. The lowest BCUT2D eigenvalue weighted by Crippen LogP contribution is -2.48. The molecule has 0 radical (unpaired) electrons. The Kier molecular flexibility index (Phi) is 5.28. The van der Waals surface area contributed by atoms with Crippen molar-refractivity contribution in [2.24, 2.45) is 0 Å². The molecule has 1 unspecified atom stereocenters. The van der Waals surface area contributed by atoms with Gasteiger partial charge in [0.2, 0.25) is 0 Å². The Hall–Kier alpha value is -2.73. The van der Waals surface area contributed by atoms with Gasteiger partial charge in [-0.1, -0.05) is 24.3 Å². The summed E-state index contributed by atoms with van der Waals surface area (Å²) in [5, 5.41) is 3.69. The Bertz CT molecular complexity index is 938. The number of anilines is 1. The lowest BCUT2D eigenvalue weighted by atomic mass is 9.94. The van der Waals surface area contributed by atoms with E-state index in [4.69, 9.17) is 17.0 Å². The van der Waals surface area contributed by atoms with Gasteiger partial charge in [-0.25, -0.2) is 9.18 Å². The highest BCUT2D eigenvalue weighted by Gasteiger charge is 2.35. The number of carbonyl (C=O) groups is 1. The molecule has 140 valence electrons. The highest BCUT2D eigenvalue weighted by atomic mass is 32.1. The molecule has 2 aromatic rings. The summed E-state index contributed by atoms with van der Waals surface area (Å²) in [5.41, 5.74) is 4.90. The Labute approximate surface area is 163 Å². The molecule has 0 amide bonds. The van der Waals surface area contributed by atoms with Crippen LogP contribution < -0.4 is 10.2 Å². The molecule has 1 aliphatic rings. The maximum absolute atomic E-state index is 13.3. The Balaban J connectivity index is 2.17. The summed E-state index contributed by atoms with van der Waals surface area (Å²) in [7, 11) is 1.35. The fourth-order valence-electron chi connectivity index (χ4n) is 3.27. The van der Waals surface area contributed by atoms with E-state index in [9.17, 15) is 9.18 Å². The molecule has 6 heteroatoms. The molecular formula is C21H21FN2O2S. The van der Waals surface area contributed by atoms with E-state index < -0.39 is 12.0 Å². The van der Waals surface area contributed by atoms with Crippen molar-refractivity contribution in [2.75, 3.05) is 12.0 Å². The number of carbonyl (C=O) groups excluding carboxylic acids is 1. The van der Waals surface area contributed by atoms with Crippen molar-refractivity contribution in [1.29, 1.82) is 0 Å². The van der Waals surface area contributed by atoms with Crippen LogP contribution in [0.1, 0.15) is 29.7 Å². The molecule has 0 aromatic heterocycles. The van der Waals surface area contributed by atoms with Gasteiger partial charge in [-0.3, -0.25) is 4.90 Å². The predicted molar refractivity (Wildman–Crippen MR) is 108 cm³/mol. The smallest absolute Gasteiger partial charge is 0.337 e. The van der Waals surface area contributed by atoms with Crippen molar-refractivity contribution in [1.82, 2.24) is 5.32 Å². The second-order valence-electron chi connectivity index (χ2n) is 6.55. The average Bonchev–Trinajstić information content (AvgIpc) is 2.64. The minimum atomic E-state index is -0.507. The van der Waals surface area contributed by atoms with Gasteiger partial charge in [-0.2, -0.15) is 0 Å². The molecule has 1 N–H and O–H groups in total. The van der Waals surface area contributed by atoms with Crippen LogP contribution in [0.4, 0.5) is 10.1 Å². The molecule has 0 bridgehead atoms. The number of halogens is 1. The number of benzene rings is 2. The fraction of sp³-hybridized carbons (Fsp3) is 0.238. The van der Waals surface area contributed by atoms with Crippen molar-refractivity contribution >= 4 is 29.0 Å². The molecule has 0 spiro atoms. The first-order valence-corrected chi connectivity index (χ1v) is 8.96. The molecule has 4 nitrogen and oxygen atoms in total. The minimum absolute atomic E-state index is 0.338. The van der Waals surface area contributed by atoms with Crippen LogP contribution in [0.5, 0.6) is 0 Å². The van der Waals surface area contributed by atoms with Crippen LogP contribution in [0.15, 0.2) is 53.7 Å². The van der Waals surface area contributed by atoms with Gasteiger partial charge in [0.15, 0.2) is 5.11 Å². The van der Waals surface area contributed by atoms with E-state index in [0.29, 0.717) is 16.4 Å². The maximum atomic E-state index is 13.3. The number of thiocarbonyl (C=S) groups is 1. The SMILES string of the molecule is COC(=O)C1=C(C)N(c2cc(C)ccc2C)C(=S)NC1c1ccc(F)cc1. The summed E-state index contributed by atoms with van der Waals surface area (Å²) in [6.45, 7) is 5.84. The lowest BCUT2D eigenvalue weighted by molar-refractivity contribution is -0.136. The molecule has 3 rings (SSSR count). The minimum Gasteiger partial charge on any atom is -0.466 e. The van der Waals surface area contributed by atoms with Gasteiger partial charge in [0.1, 0.15) is 5.82 Å². The van der Waals surface area contributed by atoms with E-state index in [1.54, 1.807) is 12.1 Å². The number of esters is 1. The number of aryl methyl sites for hydroxylation is 2. The summed E-state index contributed by atoms with van der Waals surface area (Å²) in [5.74, 6) is -0.790. The number of nitrogens with one attached hydrogen (secondary N) is 1. The second-order valence-corrected chi connectivity index (χ2v) is 6.94. The summed E-state index contributed by atoms with van der Waals surface area (Å²) < 4.78 is 18.4. The molecule has 27 heavy (non-hydrogen) atoms. The largest absolute Gasteiger partial charge is 0.466 e. The van der Waals surface area contributed by atoms with Gasteiger partial charge in [0.05, 0.1) is 24.4 Å². The normalized spacial score (nSPS) is 17.0. The van der Waals surface area contributed by atoms with Crippen LogP contribution in [-0.2, 0) is 9.53 Å². The predicted octanol–water partition coefficient (Wildman–Crippen LogP) is 4.33. The topological polar surface area (TPSA) is 41.6 Å². The maximum Gasteiger partial charge on any atom is 0.337 e. The first-order chi connectivity index (χ1) is 12.8. The van der Waals surface area contributed by atoms with Gasteiger partial charge >= 0.3 is 5.97 Å². The van der Waals surface area contributed by atoms with E-state index in [0.717, 1.165) is 22.4 Å². The third kappa shape index (κ3) is 3.57. The third-order valence-electron chi connectivity index (χ3n) is 4.70. The molecule has 0 aliphatic carbocycles. The number of methoxy groups -OCH3 is 1. The monoisotopic (exact) mass is 384 g/mol.